The van der Waals surface area contributed by atoms with Gasteiger partial charge >= 0.3 is 0 Å². The molecule has 1 aliphatic rings. The van der Waals surface area contributed by atoms with Gasteiger partial charge in [-0.2, -0.15) is 0 Å². The molecule has 18 heavy (non-hydrogen) atoms. The van der Waals surface area contributed by atoms with Crippen molar-refractivity contribution in [2.45, 2.75) is 44.6 Å². The predicted molar refractivity (Wildman–Crippen MR) is 71.6 cm³/mol. The average Bonchev–Trinajstić information content (AvgIpc) is 3.13. The van der Waals surface area contributed by atoms with Crippen LogP contribution in [0.4, 0.5) is 4.39 Å². The molecular weight excluding hydrogens is 229 g/mol. The molecule has 0 aliphatic heterocycles. The van der Waals surface area contributed by atoms with Crippen LogP contribution in [0.1, 0.15) is 38.7 Å². The molecule has 0 atom stereocenters. The molecule has 0 saturated heterocycles. The van der Waals surface area contributed by atoms with Crippen LogP contribution in [0.15, 0.2) is 18.2 Å². The summed E-state index contributed by atoms with van der Waals surface area (Å²) in [6.07, 6.45) is 3.50. The zero-order chi connectivity index (χ0) is 13.2. The van der Waals surface area contributed by atoms with Crippen LogP contribution in [-0.4, -0.2) is 19.7 Å². The standard InChI is InChI=1S/C15H22FNO/c1-15(2,9-10-17-11-7-8-11)12-5-4-6-13(18-3)14(12)16/h4-6,11,17H,7-10H2,1-3H3. The summed E-state index contributed by atoms with van der Waals surface area (Å²) in [6.45, 7) is 5.10. The fraction of sp³-hybridized carbons (Fsp3) is 0.600. The van der Waals surface area contributed by atoms with Gasteiger partial charge in [0, 0.05) is 6.04 Å². The molecule has 0 amide bonds. The van der Waals surface area contributed by atoms with Crippen LogP contribution in [0.5, 0.6) is 5.75 Å². The first kappa shape index (κ1) is 13.3. The smallest absolute Gasteiger partial charge is 0.168 e. The van der Waals surface area contributed by atoms with Gasteiger partial charge in [0.2, 0.25) is 0 Å². The molecule has 0 heterocycles. The lowest BCUT2D eigenvalue weighted by molar-refractivity contribution is 0.370. The Balaban J connectivity index is 2.06. The van der Waals surface area contributed by atoms with Crippen LogP contribution in [0.2, 0.25) is 0 Å². The Bertz CT molecular complexity index is 413. The van der Waals surface area contributed by atoms with Gasteiger partial charge in [-0.15, -0.1) is 0 Å². The number of nitrogens with one attached hydrogen (secondary N) is 1. The van der Waals surface area contributed by atoms with E-state index in [0.29, 0.717) is 11.8 Å². The predicted octanol–water partition coefficient (Wildman–Crippen LogP) is 3.25. The highest BCUT2D eigenvalue weighted by atomic mass is 19.1. The molecule has 0 radical (unpaired) electrons. The zero-order valence-corrected chi connectivity index (χ0v) is 11.4. The van der Waals surface area contributed by atoms with Gasteiger partial charge < -0.3 is 10.1 Å². The number of hydrogen-bond acceptors (Lipinski definition) is 2. The summed E-state index contributed by atoms with van der Waals surface area (Å²) >= 11 is 0. The first-order chi connectivity index (χ1) is 8.54. The number of benzene rings is 1. The first-order valence-electron chi connectivity index (χ1n) is 6.61. The van der Waals surface area contributed by atoms with Crippen LogP contribution >= 0.6 is 0 Å². The minimum Gasteiger partial charge on any atom is -0.494 e. The van der Waals surface area contributed by atoms with Crippen LogP contribution < -0.4 is 10.1 Å². The van der Waals surface area contributed by atoms with E-state index in [1.807, 2.05) is 12.1 Å². The third-order valence-corrected chi connectivity index (χ3v) is 3.67. The minimum atomic E-state index is -0.226. The maximum atomic E-state index is 14.2. The molecular formula is C15H22FNO. The molecule has 0 spiro atoms. The van der Waals surface area contributed by atoms with Crippen LogP contribution in [0, 0.1) is 5.82 Å². The molecule has 1 aliphatic carbocycles. The summed E-state index contributed by atoms with van der Waals surface area (Å²) in [5.41, 5.74) is 0.556. The Kier molecular flexibility index (Phi) is 3.91. The van der Waals surface area contributed by atoms with Crippen molar-refractivity contribution in [2.24, 2.45) is 0 Å². The monoisotopic (exact) mass is 251 g/mol. The highest BCUT2D eigenvalue weighted by Gasteiger charge is 2.27. The molecule has 1 aromatic carbocycles. The van der Waals surface area contributed by atoms with Crippen LogP contribution in [-0.2, 0) is 5.41 Å². The van der Waals surface area contributed by atoms with Gasteiger partial charge in [-0.1, -0.05) is 26.0 Å². The number of rotatable bonds is 6. The highest BCUT2D eigenvalue weighted by molar-refractivity contribution is 5.35. The van der Waals surface area contributed by atoms with Gasteiger partial charge in [0.05, 0.1) is 7.11 Å². The van der Waals surface area contributed by atoms with Crippen molar-refractivity contribution in [1.29, 1.82) is 0 Å². The quantitative estimate of drug-likeness (QED) is 0.838. The van der Waals surface area contributed by atoms with E-state index < -0.39 is 0 Å². The average molecular weight is 251 g/mol. The topological polar surface area (TPSA) is 21.3 Å². The van der Waals surface area contributed by atoms with E-state index in [0.717, 1.165) is 18.5 Å². The van der Waals surface area contributed by atoms with E-state index in [1.54, 1.807) is 6.07 Å². The van der Waals surface area contributed by atoms with Crippen molar-refractivity contribution in [1.82, 2.24) is 5.32 Å². The van der Waals surface area contributed by atoms with Crippen molar-refractivity contribution >= 4 is 0 Å². The number of methoxy groups -OCH3 is 1. The molecule has 1 aromatic rings. The van der Waals surface area contributed by atoms with Crippen LogP contribution in [0.25, 0.3) is 0 Å². The SMILES string of the molecule is COc1cccc(C(C)(C)CCNC2CC2)c1F. The van der Waals surface area contributed by atoms with Gasteiger partial charge in [0.1, 0.15) is 0 Å². The van der Waals surface area contributed by atoms with Crippen molar-refractivity contribution in [3.8, 4) is 5.75 Å². The van der Waals surface area contributed by atoms with E-state index in [2.05, 4.69) is 19.2 Å². The summed E-state index contributed by atoms with van der Waals surface area (Å²) < 4.78 is 19.3. The first-order valence-corrected chi connectivity index (χ1v) is 6.61. The fourth-order valence-corrected chi connectivity index (χ4v) is 2.20. The molecule has 3 heteroatoms. The second kappa shape index (κ2) is 5.27. The Labute approximate surface area is 109 Å². The molecule has 0 bridgehead atoms. The van der Waals surface area contributed by atoms with E-state index in [1.165, 1.54) is 20.0 Å². The molecule has 1 fully saturated rings. The molecule has 1 saturated carbocycles. The fourth-order valence-electron chi connectivity index (χ4n) is 2.20. The molecule has 0 aromatic heterocycles. The maximum Gasteiger partial charge on any atom is 0.168 e. The van der Waals surface area contributed by atoms with Crippen molar-refractivity contribution in [3.63, 3.8) is 0 Å². The van der Waals surface area contributed by atoms with Gasteiger partial charge in [0.15, 0.2) is 11.6 Å². The van der Waals surface area contributed by atoms with Crippen molar-refractivity contribution in [3.05, 3.63) is 29.6 Å². The number of ether oxygens (including phenoxy) is 1. The van der Waals surface area contributed by atoms with Crippen molar-refractivity contribution < 1.29 is 9.13 Å². The second-order valence-corrected chi connectivity index (χ2v) is 5.68. The molecule has 2 nitrogen and oxygen atoms in total. The number of halogens is 1. The van der Waals surface area contributed by atoms with Gasteiger partial charge in [-0.25, -0.2) is 4.39 Å². The van der Waals surface area contributed by atoms with Gasteiger partial charge in [-0.05, 0) is 42.9 Å². The van der Waals surface area contributed by atoms with E-state index in [-0.39, 0.29) is 11.2 Å². The normalized spacial score (nSPS) is 15.8. The van der Waals surface area contributed by atoms with Crippen LogP contribution in [0.3, 0.4) is 0 Å². The van der Waals surface area contributed by atoms with E-state index >= 15 is 0 Å². The second-order valence-electron chi connectivity index (χ2n) is 5.68. The maximum absolute atomic E-state index is 14.2. The Morgan fingerprint density at radius 3 is 2.72 bits per heavy atom. The molecule has 0 unspecified atom stereocenters. The molecule has 1 N–H and O–H groups in total. The highest BCUT2D eigenvalue weighted by Crippen LogP contribution is 2.33. The number of hydrogen-bond donors (Lipinski definition) is 1. The minimum absolute atomic E-state index is 0.180. The summed E-state index contributed by atoms with van der Waals surface area (Å²) in [5.74, 6) is 0.104. The largest absolute Gasteiger partial charge is 0.494 e. The lowest BCUT2D eigenvalue weighted by Gasteiger charge is -2.26. The molecule has 2 rings (SSSR count). The lowest BCUT2D eigenvalue weighted by Crippen LogP contribution is -2.27. The van der Waals surface area contributed by atoms with E-state index in [9.17, 15) is 4.39 Å². The summed E-state index contributed by atoms with van der Waals surface area (Å²) in [7, 11) is 1.50. The van der Waals surface area contributed by atoms with Gasteiger partial charge in [-0.3, -0.25) is 0 Å². The third-order valence-electron chi connectivity index (χ3n) is 3.67. The van der Waals surface area contributed by atoms with Crippen molar-refractivity contribution in [2.75, 3.05) is 13.7 Å². The Morgan fingerprint density at radius 2 is 2.11 bits per heavy atom. The van der Waals surface area contributed by atoms with E-state index in [4.69, 9.17) is 4.74 Å². The summed E-state index contributed by atoms with van der Waals surface area (Å²) in [6, 6.07) is 6.08. The third kappa shape index (κ3) is 3.02. The zero-order valence-electron chi connectivity index (χ0n) is 11.4. The Hall–Kier alpha value is -1.09. The summed E-state index contributed by atoms with van der Waals surface area (Å²) in [5, 5.41) is 3.48. The molecule has 100 valence electrons. The summed E-state index contributed by atoms with van der Waals surface area (Å²) in [4.78, 5) is 0. The Morgan fingerprint density at radius 1 is 1.39 bits per heavy atom. The van der Waals surface area contributed by atoms with Gasteiger partial charge in [0.25, 0.3) is 0 Å². The lowest BCUT2D eigenvalue weighted by atomic mass is 9.81.